The minimum absolute atomic E-state index is 0. The van der Waals surface area contributed by atoms with Crippen LogP contribution in [0.3, 0.4) is 0 Å². The predicted octanol–water partition coefficient (Wildman–Crippen LogP) is 35.9. The SMILES string of the molecule is C.C.C.C.C.C.C.C.C.CC.CC.CC.CC.CC.CC.CC.CC.CC.CCC.CCC.CCC(=O)O.Cc1cc(OCc2ccccc2)c(-c2sccc2-c2cccnc2)c(C)c1C.Cc1cc(OCc2ccccc2)c(-c2sccc2-c2cccnc2)c(C)c1C.Cc1cc(OCc2ccccc2)c(-c2sccc2-c2cccnc2)c(C)c1C.[Li+].[OH-].[O]=[Pd]. The third kappa shape index (κ3) is 52.3. The van der Waals surface area contributed by atoms with Gasteiger partial charge in [-0.2, -0.15) is 0 Å². The molecule has 0 amide bonds. The number of aliphatic carboxylic acids is 1. The molecule has 6 heterocycles. The summed E-state index contributed by atoms with van der Waals surface area (Å²) in [7, 11) is 0. The van der Waals surface area contributed by atoms with E-state index in [1.807, 2.05) is 235 Å². The number of carboxylic acids is 1. The summed E-state index contributed by atoms with van der Waals surface area (Å²) in [6.07, 6.45) is 13.9. The van der Waals surface area contributed by atoms with Gasteiger partial charge in [0, 0.05) is 108 Å². The Hall–Kier alpha value is -8.24. The van der Waals surface area contributed by atoms with E-state index in [4.69, 9.17) is 22.8 Å². The molecule has 0 bridgehead atoms. The molecular formula is C111H182LiN3O7PdS3. The van der Waals surface area contributed by atoms with Crippen molar-refractivity contribution in [3.63, 3.8) is 0 Å². The van der Waals surface area contributed by atoms with E-state index in [9.17, 15) is 4.79 Å². The first-order chi connectivity index (χ1) is 56.0. The third-order valence-corrected chi connectivity index (χ3v) is 18.8. The first-order valence-corrected chi connectivity index (χ1v) is 44.9. The topological polar surface area (TPSA) is 151 Å². The summed E-state index contributed by atoms with van der Waals surface area (Å²) in [6.45, 7) is 67.4. The Morgan fingerprint density at radius 1 is 0.325 bits per heavy atom. The Labute approximate surface area is 812 Å². The Morgan fingerprint density at radius 2 is 0.516 bits per heavy atom. The van der Waals surface area contributed by atoms with Gasteiger partial charge in [-0.3, -0.25) is 19.7 Å². The summed E-state index contributed by atoms with van der Waals surface area (Å²) >= 11 is 6.76. The molecule has 0 aliphatic heterocycles. The third-order valence-electron chi connectivity index (χ3n) is 16.0. The quantitative estimate of drug-likeness (QED) is 0.0926. The second-order valence-electron chi connectivity index (χ2n) is 23.1. The average Bonchev–Trinajstić information content (AvgIpc) is 1.50. The van der Waals surface area contributed by atoms with Gasteiger partial charge in [0.1, 0.15) is 37.1 Å². The van der Waals surface area contributed by atoms with Crippen LogP contribution in [0, 0.1) is 62.3 Å². The number of hydrogen-bond donors (Lipinski definition) is 1. The molecule has 0 aliphatic rings. The molecule has 6 aromatic carbocycles. The molecule has 0 atom stereocenters. The number of pyridine rings is 3. The molecule has 15 heteroatoms. The number of aromatic nitrogens is 3. The Balaban J connectivity index is -0.0000000935. The molecule has 2 N–H and O–H groups in total. The van der Waals surface area contributed by atoms with Crippen LogP contribution in [0.5, 0.6) is 17.2 Å². The van der Waals surface area contributed by atoms with Gasteiger partial charge in [-0.15, -0.1) is 34.0 Å². The summed E-state index contributed by atoms with van der Waals surface area (Å²) in [4.78, 5) is 26.0. The molecular weight excluding hydrogens is 1700 g/mol. The van der Waals surface area contributed by atoms with Crippen LogP contribution in [0.25, 0.3) is 64.7 Å². The van der Waals surface area contributed by atoms with E-state index in [-0.39, 0.29) is 97.6 Å². The second-order valence-corrected chi connectivity index (χ2v) is 25.9. The fourth-order valence-electron chi connectivity index (χ4n) is 10.3. The van der Waals surface area contributed by atoms with Gasteiger partial charge in [-0.1, -0.05) is 348 Å². The van der Waals surface area contributed by atoms with Crippen LogP contribution >= 0.6 is 34.0 Å². The molecule has 6 aromatic heterocycles. The zero-order chi connectivity index (χ0) is 88.2. The van der Waals surface area contributed by atoms with Gasteiger partial charge >= 0.3 is 47.5 Å². The van der Waals surface area contributed by atoms with Gasteiger partial charge in [0.25, 0.3) is 0 Å². The van der Waals surface area contributed by atoms with Crippen LogP contribution in [-0.2, 0) is 47.2 Å². The number of aryl methyl sites for hydroxylation is 3. The Morgan fingerprint density at radius 3 is 0.683 bits per heavy atom. The van der Waals surface area contributed by atoms with Crippen LogP contribution in [0.4, 0.5) is 0 Å². The molecule has 10 nitrogen and oxygen atoms in total. The Kier molecular flexibility index (Phi) is 117. The van der Waals surface area contributed by atoms with Crippen molar-refractivity contribution in [2.24, 2.45) is 0 Å². The van der Waals surface area contributed by atoms with Gasteiger partial charge < -0.3 is 24.8 Å². The van der Waals surface area contributed by atoms with E-state index in [0.29, 0.717) is 19.8 Å². The molecule has 0 fully saturated rings. The van der Waals surface area contributed by atoms with Crippen molar-refractivity contribution in [2.45, 2.75) is 327 Å². The number of hydrogen-bond acceptors (Lipinski definition) is 12. The molecule has 0 radical (unpaired) electrons. The van der Waals surface area contributed by atoms with Crippen LogP contribution in [0.1, 0.15) is 312 Å². The molecule has 12 aromatic rings. The monoisotopic (exact) mass is 1880 g/mol. The number of ether oxygens (including phenoxy) is 3. The van der Waals surface area contributed by atoms with E-state index in [2.05, 4.69) is 212 Å². The number of thiophene rings is 3. The van der Waals surface area contributed by atoms with Gasteiger partial charge in [0.15, 0.2) is 0 Å². The fourth-order valence-corrected chi connectivity index (χ4v) is 13.4. The molecule has 712 valence electrons. The van der Waals surface area contributed by atoms with E-state index >= 15 is 0 Å². The molecule has 0 unspecified atom stereocenters. The van der Waals surface area contributed by atoms with Crippen LogP contribution in [0.15, 0.2) is 217 Å². The number of nitrogens with zero attached hydrogens (tertiary/aromatic N) is 3. The average molecular weight is 1880 g/mol. The van der Waals surface area contributed by atoms with Gasteiger partial charge in [0.2, 0.25) is 0 Å². The van der Waals surface area contributed by atoms with E-state index in [0.717, 1.165) is 33.9 Å². The maximum atomic E-state index is 9.37. The van der Waals surface area contributed by atoms with Gasteiger partial charge in [0.05, 0.1) is 0 Å². The first-order valence-electron chi connectivity index (χ1n) is 41.7. The summed E-state index contributed by atoms with van der Waals surface area (Å²) in [5.41, 5.74) is 25.6. The number of carboxylic acid groups (broad SMARTS) is 1. The normalized spacial score (nSPS) is 8.27. The van der Waals surface area contributed by atoms with Crippen LogP contribution < -0.4 is 33.1 Å². The van der Waals surface area contributed by atoms with E-state index in [1.54, 1.807) is 40.9 Å². The van der Waals surface area contributed by atoms with Crippen LogP contribution in [-0.4, -0.2) is 31.5 Å². The van der Waals surface area contributed by atoms with Crippen molar-refractivity contribution in [2.75, 3.05) is 0 Å². The second kappa shape index (κ2) is 97.4. The summed E-state index contributed by atoms with van der Waals surface area (Å²) < 4.78 is 27.1. The van der Waals surface area contributed by atoms with E-state index in [1.165, 1.54) is 147 Å². The van der Waals surface area contributed by atoms with Gasteiger partial charge in [-0.25, -0.2) is 0 Å². The summed E-state index contributed by atoms with van der Waals surface area (Å²) in [5, 5.41) is 14.2. The maximum absolute atomic E-state index is 9.37. The fraction of sp³-hybridized carbons (Fsp3) is 0.423. The number of rotatable bonds is 16. The molecule has 126 heavy (non-hydrogen) atoms. The van der Waals surface area contributed by atoms with Crippen molar-refractivity contribution in [1.29, 1.82) is 0 Å². The van der Waals surface area contributed by atoms with Crippen molar-refractivity contribution >= 4 is 40.0 Å². The number of benzene rings is 6. The number of carbonyl (C=O) groups is 1. The van der Waals surface area contributed by atoms with Crippen LogP contribution in [0.2, 0.25) is 0 Å². The predicted molar refractivity (Wildman–Crippen MR) is 569 cm³/mol. The molecule has 0 spiro atoms. The van der Waals surface area contributed by atoms with Gasteiger partial charge in [-0.05, 0) is 200 Å². The standard InChI is InChI=1S/3C25H23NOS.C3H6O2.2C3H8.9C2H6.9CH4.Li.H2O.O.Pd/c3*1-17-14-23(27-16-20-8-5-4-6-9-20)24(19(3)18(17)2)25-22(11-13-28-25)21-10-7-12-26-15-21;1-2-3(4)5;2*1-3-2;9*1-2;;;;;;;;;;;;;/h3*4-15H,16H2,1-3H3;2H2,1H3,(H,4,5);2*3H2,1-2H3;9*1-2H3;9*1H4;;1H2;;/q;;;;;;;;;;;;;;;;;;;;;;;;+1;;;/p-1. The zero-order valence-corrected chi connectivity index (χ0v) is 81.8. The van der Waals surface area contributed by atoms with Crippen molar-refractivity contribution in [3.05, 3.63) is 284 Å². The summed E-state index contributed by atoms with van der Waals surface area (Å²) in [6, 6.07) is 56.3. The van der Waals surface area contributed by atoms with Crippen molar-refractivity contribution in [1.82, 2.24) is 15.0 Å². The van der Waals surface area contributed by atoms with Crippen molar-refractivity contribution < 1.29 is 71.1 Å². The molecule has 0 saturated carbocycles. The Bertz CT molecular complexity index is 3900. The zero-order valence-electron chi connectivity index (χ0n) is 77.8. The molecule has 0 saturated heterocycles. The minimum atomic E-state index is -0.745. The van der Waals surface area contributed by atoms with Crippen molar-refractivity contribution in [3.8, 4) is 82.0 Å². The summed E-state index contributed by atoms with van der Waals surface area (Å²) in [5.74, 6) is 2.08. The molecule has 0 aliphatic carbocycles. The van der Waals surface area contributed by atoms with E-state index < -0.39 is 5.97 Å². The first kappa shape index (κ1) is 152. The molecule has 12 rings (SSSR count).